The Morgan fingerprint density at radius 3 is 2.24 bits per heavy atom. The van der Waals surface area contributed by atoms with Crippen LogP contribution in [0.1, 0.15) is 10.4 Å². The highest BCUT2D eigenvalue weighted by molar-refractivity contribution is 6.35. The fourth-order valence-corrected chi connectivity index (χ4v) is 2.12. The molecule has 1 aromatic carbocycles. The van der Waals surface area contributed by atoms with E-state index in [4.69, 9.17) is 23.2 Å². The van der Waals surface area contributed by atoms with E-state index >= 15 is 0 Å². The Morgan fingerprint density at radius 2 is 1.82 bits per heavy atom. The van der Waals surface area contributed by atoms with Crippen LogP contribution in [0.15, 0.2) is 18.2 Å². The van der Waals surface area contributed by atoms with Crippen LogP contribution in [-0.2, 0) is 0 Å². The van der Waals surface area contributed by atoms with Crippen LogP contribution in [0.2, 0.25) is 10.0 Å². The quantitative estimate of drug-likeness (QED) is 0.909. The summed E-state index contributed by atoms with van der Waals surface area (Å²) in [7, 11) is 1.79. The highest BCUT2D eigenvalue weighted by atomic mass is 35.5. The molecule has 0 bridgehead atoms. The fraction of sp³-hybridized carbons (Fsp3) is 0.364. The predicted octanol–water partition coefficient (Wildman–Crippen LogP) is 2.46. The Labute approximate surface area is 116 Å². The van der Waals surface area contributed by atoms with Gasteiger partial charge in [0, 0.05) is 35.7 Å². The normalized spacial score (nSPS) is 14.8. The molecule has 1 heterocycles. The summed E-state index contributed by atoms with van der Waals surface area (Å²) in [5.41, 5.74) is 0.534. The van der Waals surface area contributed by atoms with E-state index < -0.39 is 0 Å². The lowest BCUT2D eigenvalue weighted by Gasteiger charge is -2.35. The zero-order chi connectivity index (χ0) is 11.7. The molecule has 17 heavy (non-hydrogen) atoms. The van der Waals surface area contributed by atoms with Crippen LogP contribution < -0.4 is 5.32 Å². The molecule has 0 aliphatic carbocycles. The number of nitrogens with zero attached hydrogens (tertiary/aromatic N) is 1. The number of rotatable bonds is 2. The smallest absolute Gasteiger partial charge is 0.254 e. The van der Waals surface area contributed by atoms with Crippen molar-refractivity contribution in [3.05, 3.63) is 33.8 Å². The van der Waals surface area contributed by atoms with E-state index in [0.717, 1.165) is 13.1 Å². The maximum Gasteiger partial charge on any atom is 0.254 e. The minimum atomic E-state index is -0.0455. The molecule has 0 radical (unpaired) electrons. The molecule has 0 unspecified atom stereocenters. The molecule has 1 fully saturated rings. The third-order valence-corrected chi connectivity index (χ3v) is 3.17. The molecule has 6 heteroatoms. The zero-order valence-electron chi connectivity index (χ0n) is 9.24. The van der Waals surface area contributed by atoms with E-state index in [1.807, 2.05) is 0 Å². The molecule has 1 aromatic rings. The Hall–Kier alpha value is -0.480. The minimum Gasteiger partial charge on any atom is -0.336 e. The van der Waals surface area contributed by atoms with E-state index in [2.05, 4.69) is 5.32 Å². The SMILES string of the molecule is CN(C(=O)c1cc(Cl)cc(Cl)c1)C1CNC1.Cl. The number of likely N-dealkylation sites (N-methyl/N-ethyl adjacent to an activating group) is 1. The van der Waals surface area contributed by atoms with Crippen LogP contribution in [0.3, 0.4) is 0 Å². The predicted molar refractivity (Wildman–Crippen MR) is 72.5 cm³/mol. The third-order valence-electron chi connectivity index (χ3n) is 2.74. The summed E-state index contributed by atoms with van der Waals surface area (Å²) in [5.74, 6) is -0.0455. The first-order chi connectivity index (χ1) is 7.58. The fourth-order valence-electron chi connectivity index (χ4n) is 1.59. The van der Waals surface area contributed by atoms with Crippen LogP contribution in [0, 0.1) is 0 Å². The lowest BCUT2D eigenvalue weighted by molar-refractivity contribution is 0.0681. The molecule has 1 amide bonds. The third kappa shape index (κ3) is 3.26. The van der Waals surface area contributed by atoms with Crippen molar-refractivity contribution >= 4 is 41.5 Å². The van der Waals surface area contributed by atoms with Gasteiger partial charge in [-0.25, -0.2) is 0 Å². The van der Waals surface area contributed by atoms with Gasteiger partial charge in [0.1, 0.15) is 0 Å². The molecule has 1 aliphatic rings. The molecule has 0 atom stereocenters. The van der Waals surface area contributed by atoms with Gasteiger partial charge in [-0.15, -0.1) is 12.4 Å². The first kappa shape index (κ1) is 14.6. The molecule has 1 saturated heterocycles. The largest absolute Gasteiger partial charge is 0.336 e. The second kappa shape index (κ2) is 5.91. The van der Waals surface area contributed by atoms with Crippen molar-refractivity contribution in [2.75, 3.05) is 20.1 Å². The second-order valence-corrected chi connectivity index (χ2v) is 4.76. The summed E-state index contributed by atoms with van der Waals surface area (Å²) < 4.78 is 0. The topological polar surface area (TPSA) is 32.3 Å². The van der Waals surface area contributed by atoms with Crippen molar-refractivity contribution in [2.45, 2.75) is 6.04 Å². The van der Waals surface area contributed by atoms with Crippen LogP contribution in [0.25, 0.3) is 0 Å². The standard InChI is InChI=1S/C11H12Cl2N2O.ClH/c1-15(10-5-14-6-10)11(16)7-2-8(12)4-9(13)3-7;/h2-4,10,14H,5-6H2,1H3;1H. The number of amides is 1. The highest BCUT2D eigenvalue weighted by Gasteiger charge is 2.26. The van der Waals surface area contributed by atoms with E-state index in [0.29, 0.717) is 15.6 Å². The van der Waals surface area contributed by atoms with E-state index in [-0.39, 0.29) is 24.4 Å². The summed E-state index contributed by atoms with van der Waals surface area (Å²) in [5, 5.41) is 4.09. The van der Waals surface area contributed by atoms with Gasteiger partial charge in [0.15, 0.2) is 0 Å². The number of halogens is 3. The van der Waals surface area contributed by atoms with Gasteiger partial charge in [-0.2, -0.15) is 0 Å². The highest BCUT2D eigenvalue weighted by Crippen LogP contribution is 2.20. The van der Waals surface area contributed by atoms with Crippen molar-refractivity contribution in [3.63, 3.8) is 0 Å². The molecule has 1 aliphatic heterocycles. The Bertz CT molecular complexity index is 401. The Balaban J connectivity index is 0.00000144. The van der Waals surface area contributed by atoms with E-state index in [9.17, 15) is 4.79 Å². The Morgan fingerprint density at radius 1 is 1.29 bits per heavy atom. The molecule has 0 saturated carbocycles. The first-order valence-corrected chi connectivity index (χ1v) is 5.77. The van der Waals surface area contributed by atoms with Gasteiger partial charge in [0.05, 0.1) is 6.04 Å². The second-order valence-electron chi connectivity index (χ2n) is 3.89. The van der Waals surface area contributed by atoms with Crippen LogP contribution in [-0.4, -0.2) is 37.0 Å². The minimum absolute atomic E-state index is 0. The summed E-state index contributed by atoms with van der Waals surface area (Å²) in [6, 6.07) is 5.16. The zero-order valence-corrected chi connectivity index (χ0v) is 11.6. The molecule has 0 spiro atoms. The summed E-state index contributed by atoms with van der Waals surface area (Å²) >= 11 is 11.7. The first-order valence-electron chi connectivity index (χ1n) is 5.02. The van der Waals surface area contributed by atoms with Gasteiger partial charge >= 0.3 is 0 Å². The van der Waals surface area contributed by atoms with Gasteiger partial charge in [-0.3, -0.25) is 4.79 Å². The molecular weight excluding hydrogens is 282 g/mol. The summed E-state index contributed by atoms with van der Waals surface area (Å²) in [6.07, 6.45) is 0. The van der Waals surface area contributed by atoms with Gasteiger partial charge in [0.2, 0.25) is 0 Å². The molecule has 3 nitrogen and oxygen atoms in total. The van der Waals surface area contributed by atoms with Crippen LogP contribution in [0.5, 0.6) is 0 Å². The van der Waals surface area contributed by atoms with Crippen molar-refractivity contribution in [1.29, 1.82) is 0 Å². The summed E-state index contributed by atoms with van der Waals surface area (Å²) in [4.78, 5) is 13.8. The van der Waals surface area contributed by atoms with Crippen LogP contribution >= 0.6 is 35.6 Å². The van der Waals surface area contributed by atoms with Gasteiger partial charge < -0.3 is 10.2 Å². The van der Waals surface area contributed by atoms with E-state index in [1.165, 1.54) is 0 Å². The number of hydrogen-bond donors (Lipinski definition) is 1. The number of nitrogens with one attached hydrogen (secondary N) is 1. The number of hydrogen-bond acceptors (Lipinski definition) is 2. The number of benzene rings is 1. The van der Waals surface area contributed by atoms with Gasteiger partial charge in [0.25, 0.3) is 5.91 Å². The molecule has 94 valence electrons. The molecule has 0 aromatic heterocycles. The van der Waals surface area contributed by atoms with Crippen molar-refractivity contribution in [3.8, 4) is 0 Å². The van der Waals surface area contributed by atoms with Crippen molar-refractivity contribution in [1.82, 2.24) is 10.2 Å². The van der Waals surface area contributed by atoms with Gasteiger partial charge in [-0.05, 0) is 18.2 Å². The summed E-state index contributed by atoms with van der Waals surface area (Å²) in [6.45, 7) is 1.69. The average Bonchev–Trinajstić information content (AvgIpc) is 2.12. The lowest BCUT2D eigenvalue weighted by Crippen LogP contribution is -2.57. The Kier molecular flexibility index (Phi) is 5.07. The van der Waals surface area contributed by atoms with Crippen molar-refractivity contribution in [2.24, 2.45) is 0 Å². The van der Waals surface area contributed by atoms with Crippen LogP contribution in [0.4, 0.5) is 0 Å². The molecule has 2 rings (SSSR count). The number of carbonyl (C=O) groups excluding carboxylic acids is 1. The average molecular weight is 296 g/mol. The molecular formula is C11H13Cl3N2O. The molecule has 1 N–H and O–H groups in total. The maximum atomic E-state index is 12.1. The van der Waals surface area contributed by atoms with Crippen molar-refractivity contribution < 1.29 is 4.79 Å². The maximum absolute atomic E-state index is 12.1. The van der Waals surface area contributed by atoms with Gasteiger partial charge in [-0.1, -0.05) is 23.2 Å². The van der Waals surface area contributed by atoms with E-state index in [1.54, 1.807) is 30.1 Å². The lowest BCUT2D eigenvalue weighted by atomic mass is 10.1. The monoisotopic (exact) mass is 294 g/mol. The number of carbonyl (C=O) groups is 1.